The molecule has 5 nitrogen and oxygen atoms in total. The third-order valence-electron chi connectivity index (χ3n) is 6.97. The minimum atomic E-state index is -0.509. The van der Waals surface area contributed by atoms with Crippen molar-refractivity contribution in [2.45, 2.75) is 38.3 Å². The van der Waals surface area contributed by atoms with Crippen LogP contribution in [-0.2, 0) is 15.9 Å². The molecular formula is C25H28ClN3O2. The highest BCUT2D eigenvalue weighted by Gasteiger charge is 2.44. The Labute approximate surface area is 188 Å². The number of rotatable bonds is 4. The van der Waals surface area contributed by atoms with Gasteiger partial charge in [-0.25, -0.2) is 0 Å². The average Bonchev–Trinajstić information content (AvgIpc) is 3.24. The first-order chi connectivity index (χ1) is 14.6. The van der Waals surface area contributed by atoms with Crippen molar-refractivity contribution in [3.8, 4) is 0 Å². The van der Waals surface area contributed by atoms with Crippen molar-refractivity contribution in [2.75, 3.05) is 25.5 Å². The van der Waals surface area contributed by atoms with Gasteiger partial charge in [0.25, 0.3) is 5.91 Å². The molecular weight excluding hydrogens is 410 g/mol. The van der Waals surface area contributed by atoms with Gasteiger partial charge in [-0.05, 0) is 68.2 Å². The van der Waals surface area contributed by atoms with Gasteiger partial charge < -0.3 is 15.1 Å². The summed E-state index contributed by atoms with van der Waals surface area (Å²) >= 11 is 6.45. The maximum Gasteiger partial charge on any atom is 0.254 e. The Balaban J connectivity index is 1.77. The molecule has 0 saturated carbocycles. The molecule has 6 heteroatoms. The van der Waals surface area contributed by atoms with Crippen LogP contribution in [0.4, 0.5) is 5.69 Å². The number of hydrogen-bond acceptors (Lipinski definition) is 3. The van der Waals surface area contributed by atoms with Gasteiger partial charge in [0.05, 0.1) is 11.1 Å². The van der Waals surface area contributed by atoms with Crippen molar-refractivity contribution in [2.24, 2.45) is 0 Å². The van der Waals surface area contributed by atoms with Crippen molar-refractivity contribution in [3.05, 3.63) is 76.3 Å². The van der Waals surface area contributed by atoms with E-state index in [-0.39, 0.29) is 17.4 Å². The minimum absolute atomic E-state index is 0.0199. The summed E-state index contributed by atoms with van der Waals surface area (Å²) in [5.74, 6) is -0.0672. The number of hydrogen-bond donors (Lipinski definition) is 1. The first-order valence-electron chi connectivity index (χ1n) is 10.5. The Kier molecular flexibility index (Phi) is 5.13. The van der Waals surface area contributed by atoms with Crippen LogP contribution in [0.25, 0.3) is 0 Å². The molecule has 2 aromatic carbocycles. The van der Waals surface area contributed by atoms with Crippen LogP contribution in [0.5, 0.6) is 0 Å². The highest BCUT2D eigenvalue weighted by molar-refractivity contribution is 6.31. The van der Waals surface area contributed by atoms with Crippen LogP contribution in [0.3, 0.4) is 0 Å². The lowest BCUT2D eigenvalue weighted by Gasteiger charge is -2.34. The van der Waals surface area contributed by atoms with Gasteiger partial charge in [-0.1, -0.05) is 36.4 Å². The molecule has 0 aliphatic carbocycles. The van der Waals surface area contributed by atoms with E-state index in [0.29, 0.717) is 23.7 Å². The summed E-state index contributed by atoms with van der Waals surface area (Å²) in [6.07, 6.45) is 2.08. The second-order valence-corrected chi connectivity index (χ2v) is 9.42. The van der Waals surface area contributed by atoms with E-state index in [2.05, 4.69) is 31.8 Å². The van der Waals surface area contributed by atoms with Gasteiger partial charge in [0.2, 0.25) is 5.91 Å². The zero-order valence-electron chi connectivity index (χ0n) is 18.5. The van der Waals surface area contributed by atoms with Crippen molar-refractivity contribution >= 4 is 29.1 Å². The zero-order valence-corrected chi connectivity index (χ0v) is 19.2. The second-order valence-electron chi connectivity index (χ2n) is 9.02. The Morgan fingerprint density at radius 3 is 2.68 bits per heavy atom. The summed E-state index contributed by atoms with van der Waals surface area (Å²) in [5.41, 5.74) is 3.79. The third kappa shape index (κ3) is 3.32. The number of likely N-dealkylation sites (tertiary alicyclic amines) is 1. The lowest BCUT2D eigenvalue weighted by Crippen LogP contribution is -2.40. The van der Waals surface area contributed by atoms with Gasteiger partial charge in [-0.2, -0.15) is 0 Å². The summed E-state index contributed by atoms with van der Waals surface area (Å²) < 4.78 is 0. The lowest BCUT2D eigenvalue weighted by atomic mass is 9.85. The minimum Gasteiger partial charge on any atom is -0.374 e. The van der Waals surface area contributed by atoms with Crippen LogP contribution < -0.4 is 5.32 Å². The fraction of sp³-hybridized carbons (Fsp3) is 0.360. The van der Waals surface area contributed by atoms with E-state index in [4.69, 9.17) is 11.6 Å². The zero-order chi connectivity index (χ0) is 22.6. The summed E-state index contributed by atoms with van der Waals surface area (Å²) in [4.78, 5) is 28.8. The SMILES string of the molecule is C=CC(=O)N1CC[C@](Nc2ccc3c(c2)C(=O)N(C)C3(C)C)(c2cccc(Cl)c2C)C1. The molecule has 2 heterocycles. The highest BCUT2D eigenvalue weighted by atomic mass is 35.5. The van der Waals surface area contributed by atoms with E-state index in [1.165, 1.54) is 6.08 Å². The number of fused-ring (bicyclic) bond motifs is 1. The molecule has 1 saturated heterocycles. The first-order valence-corrected chi connectivity index (χ1v) is 10.9. The first kappa shape index (κ1) is 21.4. The van der Waals surface area contributed by atoms with Crippen LogP contribution in [0.1, 0.15) is 47.3 Å². The number of nitrogens with zero attached hydrogens (tertiary/aromatic N) is 2. The number of anilines is 1. The number of amides is 2. The fourth-order valence-corrected chi connectivity index (χ4v) is 5.04. The van der Waals surface area contributed by atoms with E-state index in [1.54, 1.807) is 9.80 Å². The summed E-state index contributed by atoms with van der Waals surface area (Å²) in [6, 6.07) is 11.9. The monoisotopic (exact) mass is 437 g/mol. The molecule has 1 fully saturated rings. The second kappa shape index (κ2) is 7.41. The number of nitrogens with one attached hydrogen (secondary N) is 1. The van der Waals surface area contributed by atoms with Crippen LogP contribution >= 0.6 is 11.6 Å². The number of carbonyl (C=O) groups is 2. The molecule has 1 atom stereocenters. The molecule has 2 amide bonds. The van der Waals surface area contributed by atoms with E-state index in [9.17, 15) is 9.59 Å². The van der Waals surface area contributed by atoms with Gasteiger partial charge in [-0.3, -0.25) is 9.59 Å². The molecule has 4 rings (SSSR count). The van der Waals surface area contributed by atoms with Crippen LogP contribution in [0.15, 0.2) is 49.1 Å². The van der Waals surface area contributed by atoms with Gasteiger partial charge in [0, 0.05) is 36.4 Å². The summed E-state index contributed by atoms with van der Waals surface area (Å²) in [5, 5.41) is 4.38. The molecule has 31 heavy (non-hydrogen) atoms. The maximum absolute atomic E-state index is 12.8. The topological polar surface area (TPSA) is 52.7 Å². The molecule has 2 aromatic rings. The van der Waals surface area contributed by atoms with Crippen LogP contribution in [-0.4, -0.2) is 41.8 Å². The molecule has 1 N–H and O–H groups in total. The van der Waals surface area contributed by atoms with Gasteiger partial charge >= 0.3 is 0 Å². The molecule has 2 aliphatic heterocycles. The predicted molar refractivity (Wildman–Crippen MR) is 124 cm³/mol. The largest absolute Gasteiger partial charge is 0.374 e. The molecule has 0 unspecified atom stereocenters. The van der Waals surface area contributed by atoms with Crippen LogP contribution in [0.2, 0.25) is 5.02 Å². The number of carbonyl (C=O) groups excluding carboxylic acids is 2. The molecule has 162 valence electrons. The molecule has 0 aromatic heterocycles. The van der Waals surface area contributed by atoms with E-state index in [0.717, 1.165) is 28.8 Å². The standard InChI is InChI=1S/C25H28ClN3O2/c1-6-22(30)29-13-12-25(15-29,19-8-7-9-21(26)16(19)2)27-17-10-11-20-18(14-17)23(31)28(5)24(20,3)4/h6-11,14,27H,1,12-13,15H2,2-5H3/t25-/m1/s1. The van der Waals surface area contributed by atoms with Crippen LogP contribution in [0, 0.1) is 6.92 Å². The van der Waals surface area contributed by atoms with Gasteiger partial charge in [-0.15, -0.1) is 0 Å². The Hall–Kier alpha value is -2.79. The van der Waals surface area contributed by atoms with Gasteiger partial charge in [0.1, 0.15) is 0 Å². The maximum atomic E-state index is 12.8. The van der Waals surface area contributed by atoms with Crippen molar-refractivity contribution < 1.29 is 9.59 Å². The average molecular weight is 438 g/mol. The normalized spacial score (nSPS) is 21.9. The Bertz CT molecular complexity index is 1090. The summed E-state index contributed by atoms with van der Waals surface area (Å²) in [6.45, 7) is 10.9. The molecule has 0 spiro atoms. The quantitative estimate of drug-likeness (QED) is 0.705. The van der Waals surface area contributed by atoms with E-state index < -0.39 is 5.54 Å². The number of halogens is 1. The van der Waals surface area contributed by atoms with E-state index >= 15 is 0 Å². The summed E-state index contributed by atoms with van der Waals surface area (Å²) in [7, 11) is 1.84. The van der Waals surface area contributed by atoms with Crippen molar-refractivity contribution in [1.82, 2.24) is 9.80 Å². The molecule has 0 radical (unpaired) electrons. The molecule has 0 bridgehead atoms. The number of benzene rings is 2. The predicted octanol–water partition coefficient (Wildman–Crippen LogP) is 4.69. The highest BCUT2D eigenvalue weighted by Crippen LogP contribution is 2.42. The third-order valence-corrected chi connectivity index (χ3v) is 7.38. The fourth-order valence-electron chi connectivity index (χ4n) is 4.87. The van der Waals surface area contributed by atoms with Gasteiger partial charge in [0.15, 0.2) is 0 Å². The van der Waals surface area contributed by atoms with Crippen molar-refractivity contribution in [3.63, 3.8) is 0 Å². The molecule has 2 aliphatic rings. The Morgan fingerprint density at radius 2 is 1.97 bits per heavy atom. The van der Waals surface area contributed by atoms with E-state index in [1.807, 2.05) is 44.3 Å². The smallest absolute Gasteiger partial charge is 0.254 e. The van der Waals surface area contributed by atoms with Crippen molar-refractivity contribution in [1.29, 1.82) is 0 Å². The lowest BCUT2D eigenvalue weighted by molar-refractivity contribution is -0.125. The Morgan fingerprint density at radius 1 is 1.23 bits per heavy atom.